The molecule has 0 aliphatic heterocycles. The summed E-state index contributed by atoms with van der Waals surface area (Å²) in [5, 5.41) is 0.948. The summed E-state index contributed by atoms with van der Waals surface area (Å²) < 4.78 is 0. The zero-order valence-corrected chi connectivity index (χ0v) is 9.14. The fourth-order valence-electron chi connectivity index (χ4n) is 1.05. The molecule has 0 fully saturated rings. The predicted molar refractivity (Wildman–Crippen MR) is 58.9 cm³/mol. The standard InChI is InChI=1S/C9H10Cl2N2O/c1-13(5-9(12)14)6-2-3-7(10)8(11)4-6/h2-4H,5H2,1H3,(H2,12,14). The number of hydrogen-bond donors (Lipinski definition) is 1. The number of benzene rings is 1. The van der Waals surface area contributed by atoms with Gasteiger partial charge in [0, 0.05) is 12.7 Å². The molecule has 0 spiro atoms. The van der Waals surface area contributed by atoms with Gasteiger partial charge in [0.15, 0.2) is 0 Å². The zero-order valence-electron chi connectivity index (χ0n) is 7.63. The fraction of sp³-hybridized carbons (Fsp3) is 0.222. The molecule has 1 amide bonds. The van der Waals surface area contributed by atoms with Gasteiger partial charge in [-0.25, -0.2) is 0 Å². The van der Waals surface area contributed by atoms with E-state index in [2.05, 4.69) is 0 Å². The molecule has 1 aromatic rings. The van der Waals surface area contributed by atoms with Crippen molar-refractivity contribution >= 4 is 34.8 Å². The minimum atomic E-state index is -0.390. The normalized spacial score (nSPS) is 9.93. The highest BCUT2D eigenvalue weighted by molar-refractivity contribution is 6.42. The van der Waals surface area contributed by atoms with E-state index in [1.807, 2.05) is 0 Å². The molecule has 0 aliphatic rings. The lowest BCUT2D eigenvalue weighted by molar-refractivity contribution is -0.116. The average Bonchev–Trinajstić information content (AvgIpc) is 2.08. The van der Waals surface area contributed by atoms with E-state index in [-0.39, 0.29) is 6.54 Å². The number of nitrogens with two attached hydrogens (primary N) is 1. The molecule has 0 aliphatic carbocycles. The maximum absolute atomic E-state index is 10.7. The van der Waals surface area contributed by atoms with Crippen molar-refractivity contribution in [1.29, 1.82) is 0 Å². The van der Waals surface area contributed by atoms with Crippen LogP contribution in [-0.2, 0) is 4.79 Å². The monoisotopic (exact) mass is 232 g/mol. The van der Waals surface area contributed by atoms with Crippen LogP contribution in [0.1, 0.15) is 0 Å². The molecule has 76 valence electrons. The number of halogens is 2. The molecule has 0 bridgehead atoms. The van der Waals surface area contributed by atoms with Gasteiger partial charge < -0.3 is 10.6 Å². The zero-order chi connectivity index (χ0) is 10.7. The molecule has 0 radical (unpaired) electrons. The van der Waals surface area contributed by atoms with E-state index in [1.165, 1.54) is 0 Å². The van der Waals surface area contributed by atoms with Crippen LogP contribution in [0.5, 0.6) is 0 Å². The topological polar surface area (TPSA) is 46.3 Å². The van der Waals surface area contributed by atoms with Gasteiger partial charge in [0.25, 0.3) is 0 Å². The van der Waals surface area contributed by atoms with Crippen LogP contribution in [0.4, 0.5) is 5.69 Å². The minimum Gasteiger partial charge on any atom is -0.368 e. The van der Waals surface area contributed by atoms with Gasteiger partial charge in [-0.15, -0.1) is 0 Å². The van der Waals surface area contributed by atoms with E-state index in [0.29, 0.717) is 10.0 Å². The minimum absolute atomic E-state index is 0.151. The van der Waals surface area contributed by atoms with Crippen molar-refractivity contribution in [3.05, 3.63) is 28.2 Å². The van der Waals surface area contributed by atoms with Crippen molar-refractivity contribution < 1.29 is 4.79 Å². The summed E-state index contributed by atoms with van der Waals surface area (Å²) in [4.78, 5) is 12.4. The molecule has 0 atom stereocenters. The summed E-state index contributed by atoms with van der Waals surface area (Å²) in [6, 6.07) is 5.14. The van der Waals surface area contributed by atoms with Crippen molar-refractivity contribution in [3.63, 3.8) is 0 Å². The molecule has 0 unspecified atom stereocenters. The molecular formula is C9H10Cl2N2O. The smallest absolute Gasteiger partial charge is 0.236 e. The average molecular weight is 233 g/mol. The van der Waals surface area contributed by atoms with Crippen LogP contribution in [0.3, 0.4) is 0 Å². The molecule has 0 saturated heterocycles. The largest absolute Gasteiger partial charge is 0.368 e. The lowest BCUT2D eigenvalue weighted by atomic mass is 10.3. The molecule has 2 N–H and O–H groups in total. The Labute approximate surface area is 92.4 Å². The van der Waals surface area contributed by atoms with Crippen LogP contribution in [0.25, 0.3) is 0 Å². The number of likely N-dealkylation sites (N-methyl/N-ethyl adjacent to an activating group) is 1. The lowest BCUT2D eigenvalue weighted by Gasteiger charge is -2.17. The third-order valence-corrected chi connectivity index (χ3v) is 2.48. The molecule has 1 rings (SSSR count). The van der Waals surface area contributed by atoms with Crippen molar-refractivity contribution in [2.24, 2.45) is 5.73 Å². The first-order valence-electron chi connectivity index (χ1n) is 3.95. The van der Waals surface area contributed by atoms with E-state index in [0.717, 1.165) is 5.69 Å². The Morgan fingerprint density at radius 3 is 2.57 bits per heavy atom. The third kappa shape index (κ3) is 2.79. The fourth-order valence-corrected chi connectivity index (χ4v) is 1.34. The second kappa shape index (κ2) is 4.53. The van der Waals surface area contributed by atoms with Gasteiger partial charge in [-0.05, 0) is 18.2 Å². The molecule has 0 heterocycles. The van der Waals surface area contributed by atoms with E-state index >= 15 is 0 Å². The van der Waals surface area contributed by atoms with E-state index < -0.39 is 5.91 Å². The summed E-state index contributed by atoms with van der Waals surface area (Å²) in [6.07, 6.45) is 0. The Balaban J connectivity index is 2.85. The maximum atomic E-state index is 10.7. The molecule has 3 nitrogen and oxygen atoms in total. The van der Waals surface area contributed by atoms with Crippen LogP contribution in [0, 0.1) is 0 Å². The molecule has 5 heteroatoms. The number of rotatable bonds is 3. The highest BCUT2D eigenvalue weighted by Gasteiger charge is 2.06. The summed E-state index contributed by atoms with van der Waals surface area (Å²) in [5.74, 6) is -0.390. The van der Waals surface area contributed by atoms with Gasteiger partial charge >= 0.3 is 0 Å². The number of anilines is 1. The van der Waals surface area contributed by atoms with Crippen LogP contribution >= 0.6 is 23.2 Å². The number of nitrogens with zero attached hydrogens (tertiary/aromatic N) is 1. The van der Waals surface area contributed by atoms with Crippen LogP contribution in [0.2, 0.25) is 10.0 Å². The van der Waals surface area contributed by atoms with Crippen LogP contribution < -0.4 is 10.6 Å². The van der Waals surface area contributed by atoms with Gasteiger partial charge in [0.1, 0.15) is 0 Å². The SMILES string of the molecule is CN(CC(N)=O)c1ccc(Cl)c(Cl)c1. The Morgan fingerprint density at radius 2 is 2.07 bits per heavy atom. The summed E-state index contributed by atoms with van der Waals surface area (Å²) in [7, 11) is 1.75. The van der Waals surface area contributed by atoms with Gasteiger partial charge in [-0.1, -0.05) is 23.2 Å². The Kier molecular flexibility index (Phi) is 3.61. The number of hydrogen-bond acceptors (Lipinski definition) is 2. The van der Waals surface area contributed by atoms with E-state index in [1.54, 1.807) is 30.1 Å². The van der Waals surface area contributed by atoms with Gasteiger partial charge in [-0.2, -0.15) is 0 Å². The Hall–Kier alpha value is -0.930. The summed E-state index contributed by atoms with van der Waals surface area (Å²) >= 11 is 11.6. The van der Waals surface area contributed by atoms with E-state index in [9.17, 15) is 4.79 Å². The Morgan fingerprint density at radius 1 is 1.43 bits per heavy atom. The van der Waals surface area contributed by atoms with Gasteiger partial charge in [-0.3, -0.25) is 4.79 Å². The molecule has 0 aromatic heterocycles. The maximum Gasteiger partial charge on any atom is 0.236 e. The number of carbonyl (C=O) groups is 1. The van der Waals surface area contributed by atoms with Crippen LogP contribution in [-0.4, -0.2) is 19.5 Å². The number of amides is 1. The quantitative estimate of drug-likeness (QED) is 0.866. The van der Waals surface area contributed by atoms with Gasteiger partial charge in [0.2, 0.25) is 5.91 Å². The van der Waals surface area contributed by atoms with Crippen molar-refractivity contribution in [1.82, 2.24) is 0 Å². The van der Waals surface area contributed by atoms with Crippen molar-refractivity contribution in [3.8, 4) is 0 Å². The van der Waals surface area contributed by atoms with Crippen LogP contribution in [0.15, 0.2) is 18.2 Å². The predicted octanol–water partition coefficient (Wildman–Crippen LogP) is 1.91. The second-order valence-electron chi connectivity index (χ2n) is 2.92. The molecular weight excluding hydrogens is 223 g/mol. The van der Waals surface area contributed by atoms with E-state index in [4.69, 9.17) is 28.9 Å². The second-order valence-corrected chi connectivity index (χ2v) is 3.74. The van der Waals surface area contributed by atoms with Crippen molar-refractivity contribution in [2.75, 3.05) is 18.5 Å². The highest BCUT2D eigenvalue weighted by Crippen LogP contribution is 2.26. The number of carbonyl (C=O) groups excluding carboxylic acids is 1. The highest BCUT2D eigenvalue weighted by atomic mass is 35.5. The first-order valence-corrected chi connectivity index (χ1v) is 4.71. The molecule has 1 aromatic carbocycles. The summed E-state index contributed by atoms with van der Waals surface area (Å²) in [6.45, 7) is 0.151. The van der Waals surface area contributed by atoms with Gasteiger partial charge in [0.05, 0.1) is 16.6 Å². The molecule has 0 saturated carbocycles. The third-order valence-electron chi connectivity index (χ3n) is 1.74. The molecule has 14 heavy (non-hydrogen) atoms. The number of primary amides is 1. The Bertz CT molecular complexity index is 355. The van der Waals surface area contributed by atoms with Crippen molar-refractivity contribution in [2.45, 2.75) is 0 Å². The lowest BCUT2D eigenvalue weighted by Crippen LogP contribution is -2.30. The summed E-state index contributed by atoms with van der Waals surface area (Å²) in [5.41, 5.74) is 5.86. The first-order chi connectivity index (χ1) is 6.50. The first kappa shape index (κ1) is 11.1.